The minimum Gasteiger partial charge on any atom is -0.340 e. The first-order chi connectivity index (χ1) is 12.4. The molecule has 27 heavy (non-hydrogen) atoms. The van der Waals surface area contributed by atoms with Crippen LogP contribution in [0.3, 0.4) is 0 Å². The monoisotopic (exact) mass is 386 g/mol. The number of carbonyl (C=O) groups excluding carboxylic acids is 2. The van der Waals surface area contributed by atoms with E-state index in [0.29, 0.717) is 17.2 Å². The van der Waals surface area contributed by atoms with Crippen molar-refractivity contribution in [2.75, 3.05) is 6.54 Å². The maximum Gasteiger partial charge on any atom is 0.159 e. The number of aryl methyl sites for hydroxylation is 1. The number of hydrogen-bond acceptors (Lipinski definition) is 3. The summed E-state index contributed by atoms with van der Waals surface area (Å²) in [7, 11) is 0. The van der Waals surface area contributed by atoms with Crippen LogP contribution >= 0.6 is 12.4 Å². The van der Waals surface area contributed by atoms with Crippen molar-refractivity contribution in [1.82, 2.24) is 9.88 Å². The molecule has 144 valence electrons. The standard InChI is InChI=1S/C22H26N2O2.ClH/c1-14(2)23-10-5-11-24-21-8-6-17(15(3)25)12-19(21)20-13-18(16(4)26)7-9-22(20)24;/h6-9,12-14,23H,5,10-11H2,1-4H3;1H. The minimum atomic E-state index is 0. The summed E-state index contributed by atoms with van der Waals surface area (Å²) >= 11 is 0. The molecule has 0 radical (unpaired) electrons. The predicted octanol–water partition coefficient (Wildman–Crippen LogP) is 5.01. The van der Waals surface area contributed by atoms with Gasteiger partial charge in [-0.15, -0.1) is 12.4 Å². The molecule has 1 N–H and O–H groups in total. The fourth-order valence-corrected chi connectivity index (χ4v) is 3.41. The lowest BCUT2D eigenvalue weighted by Crippen LogP contribution is -2.24. The Balaban J connectivity index is 0.00000261. The smallest absolute Gasteiger partial charge is 0.159 e. The summed E-state index contributed by atoms with van der Waals surface area (Å²) in [6.45, 7) is 9.30. The van der Waals surface area contributed by atoms with Crippen LogP contribution in [0.2, 0.25) is 0 Å². The Morgan fingerprint density at radius 2 is 1.41 bits per heavy atom. The van der Waals surface area contributed by atoms with Gasteiger partial charge in [-0.25, -0.2) is 0 Å². The molecule has 0 aliphatic rings. The minimum absolute atomic E-state index is 0. The van der Waals surface area contributed by atoms with Crippen molar-refractivity contribution in [2.45, 2.75) is 46.7 Å². The number of benzene rings is 2. The number of aromatic nitrogens is 1. The zero-order chi connectivity index (χ0) is 18.8. The van der Waals surface area contributed by atoms with Gasteiger partial charge in [-0.3, -0.25) is 9.59 Å². The molecule has 0 amide bonds. The number of nitrogens with zero attached hydrogens (tertiary/aromatic N) is 1. The highest BCUT2D eigenvalue weighted by molar-refractivity contribution is 6.12. The Morgan fingerprint density at radius 1 is 0.926 bits per heavy atom. The van der Waals surface area contributed by atoms with Gasteiger partial charge in [-0.05, 0) is 63.2 Å². The van der Waals surface area contributed by atoms with Crippen molar-refractivity contribution in [3.05, 3.63) is 47.5 Å². The first-order valence-electron chi connectivity index (χ1n) is 9.19. The van der Waals surface area contributed by atoms with Gasteiger partial charge in [-0.1, -0.05) is 13.8 Å². The Bertz CT molecular complexity index is 918. The number of halogens is 1. The van der Waals surface area contributed by atoms with Crippen LogP contribution in [0.5, 0.6) is 0 Å². The first kappa shape index (κ1) is 21.1. The quantitative estimate of drug-likeness (QED) is 0.458. The van der Waals surface area contributed by atoms with E-state index in [1.165, 1.54) is 0 Å². The van der Waals surface area contributed by atoms with E-state index in [9.17, 15) is 9.59 Å². The summed E-state index contributed by atoms with van der Waals surface area (Å²) in [4.78, 5) is 23.6. The van der Waals surface area contributed by atoms with Crippen molar-refractivity contribution in [3.63, 3.8) is 0 Å². The largest absolute Gasteiger partial charge is 0.340 e. The second kappa shape index (κ2) is 8.68. The zero-order valence-corrected chi connectivity index (χ0v) is 17.2. The van der Waals surface area contributed by atoms with Crippen molar-refractivity contribution < 1.29 is 9.59 Å². The van der Waals surface area contributed by atoms with Crippen LogP contribution in [-0.4, -0.2) is 28.7 Å². The number of carbonyl (C=O) groups is 2. The van der Waals surface area contributed by atoms with Crippen LogP contribution in [0.25, 0.3) is 21.8 Å². The van der Waals surface area contributed by atoms with E-state index in [2.05, 4.69) is 23.7 Å². The fourth-order valence-electron chi connectivity index (χ4n) is 3.41. The molecule has 0 aliphatic carbocycles. The SMILES string of the molecule is CC(=O)c1ccc2c(c1)c1cc(C(C)=O)ccc1n2CCCNC(C)C.Cl. The molecule has 0 spiro atoms. The average molecular weight is 387 g/mol. The van der Waals surface area contributed by atoms with Crippen LogP contribution in [-0.2, 0) is 6.54 Å². The van der Waals surface area contributed by atoms with Crippen molar-refractivity contribution in [2.24, 2.45) is 0 Å². The van der Waals surface area contributed by atoms with Gasteiger partial charge >= 0.3 is 0 Å². The number of ketones is 2. The van der Waals surface area contributed by atoms with Crippen molar-refractivity contribution >= 4 is 45.8 Å². The van der Waals surface area contributed by atoms with E-state index >= 15 is 0 Å². The summed E-state index contributed by atoms with van der Waals surface area (Å²) in [5.74, 6) is 0.105. The highest BCUT2D eigenvalue weighted by Gasteiger charge is 2.14. The van der Waals surface area contributed by atoms with E-state index in [-0.39, 0.29) is 24.0 Å². The summed E-state index contributed by atoms with van der Waals surface area (Å²) in [6.07, 6.45) is 1.01. The molecule has 0 unspecified atom stereocenters. The molecule has 2 aromatic carbocycles. The Hall–Kier alpha value is -2.17. The molecule has 1 aromatic heterocycles. The average Bonchev–Trinajstić information content (AvgIpc) is 2.91. The lowest BCUT2D eigenvalue weighted by atomic mass is 10.0. The van der Waals surface area contributed by atoms with E-state index < -0.39 is 0 Å². The number of hydrogen-bond donors (Lipinski definition) is 1. The molecular weight excluding hydrogens is 360 g/mol. The van der Waals surface area contributed by atoms with Crippen LogP contribution in [0.15, 0.2) is 36.4 Å². The second-order valence-corrected chi connectivity index (χ2v) is 7.19. The van der Waals surface area contributed by atoms with Gasteiger partial charge < -0.3 is 9.88 Å². The van der Waals surface area contributed by atoms with E-state index in [4.69, 9.17) is 0 Å². The molecule has 3 aromatic rings. The highest BCUT2D eigenvalue weighted by atomic mass is 35.5. The number of nitrogens with one attached hydrogen (secondary N) is 1. The Kier molecular flexibility index (Phi) is 6.79. The maximum absolute atomic E-state index is 11.8. The van der Waals surface area contributed by atoms with Gasteiger partial charge in [-0.2, -0.15) is 0 Å². The maximum atomic E-state index is 11.8. The predicted molar refractivity (Wildman–Crippen MR) is 114 cm³/mol. The first-order valence-corrected chi connectivity index (χ1v) is 9.19. The van der Waals surface area contributed by atoms with Crippen LogP contribution in [0.4, 0.5) is 0 Å². The molecule has 0 saturated heterocycles. The topological polar surface area (TPSA) is 51.1 Å². The lowest BCUT2D eigenvalue weighted by Gasteiger charge is -2.10. The van der Waals surface area contributed by atoms with Crippen LogP contribution in [0, 0.1) is 0 Å². The van der Waals surface area contributed by atoms with Crippen molar-refractivity contribution in [1.29, 1.82) is 0 Å². The van der Waals surface area contributed by atoms with E-state index in [1.807, 2.05) is 36.4 Å². The molecule has 0 saturated carbocycles. The molecule has 0 atom stereocenters. The van der Waals surface area contributed by atoms with Gasteiger partial charge in [0.25, 0.3) is 0 Å². The molecule has 3 rings (SSSR count). The van der Waals surface area contributed by atoms with Gasteiger partial charge in [0.2, 0.25) is 0 Å². The van der Waals surface area contributed by atoms with E-state index in [1.54, 1.807) is 13.8 Å². The molecule has 5 heteroatoms. The van der Waals surface area contributed by atoms with Gasteiger partial charge in [0.15, 0.2) is 11.6 Å². The second-order valence-electron chi connectivity index (χ2n) is 7.19. The molecule has 1 heterocycles. The summed E-state index contributed by atoms with van der Waals surface area (Å²) < 4.78 is 2.29. The molecule has 0 aliphatic heterocycles. The third kappa shape index (κ3) is 4.40. The van der Waals surface area contributed by atoms with E-state index in [0.717, 1.165) is 41.3 Å². The molecule has 0 bridgehead atoms. The van der Waals surface area contributed by atoms with Crippen LogP contribution < -0.4 is 5.32 Å². The zero-order valence-electron chi connectivity index (χ0n) is 16.3. The Morgan fingerprint density at radius 3 is 1.81 bits per heavy atom. The van der Waals surface area contributed by atoms with Gasteiger partial charge in [0.1, 0.15) is 0 Å². The van der Waals surface area contributed by atoms with Gasteiger partial charge in [0, 0.05) is 45.5 Å². The third-order valence-electron chi connectivity index (χ3n) is 4.79. The third-order valence-corrected chi connectivity index (χ3v) is 4.79. The number of rotatable bonds is 7. The van der Waals surface area contributed by atoms with Gasteiger partial charge in [0.05, 0.1) is 0 Å². The van der Waals surface area contributed by atoms with Crippen molar-refractivity contribution in [3.8, 4) is 0 Å². The molecule has 4 nitrogen and oxygen atoms in total. The summed E-state index contributed by atoms with van der Waals surface area (Å²) in [5, 5.41) is 5.52. The molecular formula is C22H27ClN2O2. The lowest BCUT2D eigenvalue weighted by molar-refractivity contribution is 0.100. The number of fused-ring (bicyclic) bond motifs is 3. The number of Topliss-reactive ketones (excluding diaryl/α,β-unsaturated/α-hetero) is 2. The normalized spacial score (nSPS) is 11.1. The Labute approximate surface area is 166 Å². The summed E-state index contributed by atoms with van der Waals surface area (Å²) in [5.41, 5.74) is 3.61. The van der Waals surface area contributed by atoms with Crippen LogP contribution in [0.1, 0.15) is 54.8 Å². The molecule has 0 fully saturated rings. The fraction of sp³-hybridized carbons (Fsp3) is 0.364. The highest BCUT2D eigenvalue weighted by Crippen LogP contribution is 2.31. The summed E-state index contributed by atoms with van der Waals surface area (Å²) in [6, 6.07) is 12.2.